The van der Waals surface area contributed by atoms with Crippen LogP contribution in [0, 0.1) is 0 Å². The molecule has 0 fully saturated rings. The molecule has 0 saturated heterocycles. The van der Waals surface area contributed by atoms with Crippen LogP contribution in [-0.4, -0.2) is 46.5 Å². The summed E-state index contributed by atoms with van der Waals surface area (Å²) in [6.45, 7) is 6.15. The summed E-state index contributed by atoms with van der Waals surface area (Å²) in [5.74, 6) is 1.04. The van der Waals surface area contributed by atoms with Crippen LogP contribution in [0.4, 0.5) is 0 Å². The van der Waals surface area contributed by atoms with Crippen molar-refractivity contribution in [1.82, 2.24) is 19.7 Å². The fraction of sp³-hybridized carbons (Fsp3) is 0.529. The topological polar surface area (TPSA) is 52.4 Å². The molecule has 0 unspecified atom stereocenters. The van der Waals surface area contributed by atoms with E-state index in [0.29, 0.717) is 11.8 Å². The van der Waals surface area contributed by atoms with Crippen LogP contribution in [0.3, 0.4) is 0 Å². The number of hydrogen-bond acceptors (Lipinski definition) is 5. The van der Waals surface area contributed by atoms with Crippen molar-refractivity contribution in [1.29, 1.82) is 0 Å². The quantitative estimate of drug-likeness (QED) is 0.815. The smallest absolute Gasteiger partial charge is 0.217 e. The van der Waals surface area contributed by atoms with Gasteiger partial charge in [0.05, 0.1) is 19.9 Å². The van der Waals surface area contributed by atoms with E-state index in [9.17, 15) is 0 Å². The van der Waals surface area contributed by atoms with Gasteiger partial charge in [0, 0.05) is 62.2 Å². The van der Waals surface area contributed by atoms with Crippen LogP contribution >= 0.6 is 0 Å². The molecule has 1 aliphatic heterocycles. The summed E-state index contributed by atoms with van der Waals surface area (Å²) in [4.78, 5) is 6.70. The van der Waals surface area contributed by atoms with E-state index in [1.165, 1.54) is 11.3 Å². The Labute approximate surface area is 137 Å². The van der Waals surface area contributed by atoms with Crippen LogP contribution in [0.25, 0.3) is 0 Å². The van der Waals surface area contributed by atoms with Gasteiger partial charge in [-0.2, -0.15) is 5.10 Å². The molecule has 3 rings (SSSR count). The number of methoxy groups -OCH3 is 1. The molecular weight excluding hydrogens is 292 g/mol. The predicted molar refractivity (Wildman–Crippen MR) is 87.3 cm³/mol. The molecule has 0 bridgehead atoms. The Morgan fingerprint density at radius 2 is 2.26 bits per heavy atom. The average Bonchev–Trinajstić information content (AvgIpc) is 2.94. The Morgan fingerprint density at radius 3 is 3.04 bits per heavy atom. The molecule has 124 valence electrons. The number of ether oxygens (including phenoxy) is 2. The van der Waals surface area contributed by atoms with Crippen LogP contribution in [0.1, 0.15) is 29.7 Å². The first-order chi connectivity index (χ1) is 11.2. The second-order valence-electron chi connectivity index (χ2n) is 5.88. The van der Waals surface area contributed by atoms with Gasteiger partial charge < -0.3 is 9.47 Å². The van der Waals surface area contributed by atoms with Crippen LogP contribution in [0.5, 0.6) is 5.88 Å². The molecule has 6 nitrogen and oxygen atoms in total. The highest BCUT2D eigenvalue weighted by Gasteiger charge is 2.29. The van der Waals surface area contributed by atoms with Crippen molar-refractivity contribution >= 4 is 0 Å². The van der Waals surface area contributed by atoms with E-state index < -0.39 is 0 Å². The molecule has 1 atom stereocenters. The van der Waals surface area contributed by atoms with Gasteiger partial charge in [-0.1, -0.05) is 6.07 Å². The Morgan fingerprint density at radius 1 is 1.39 bits per heavy atom. The molecule has 0 spiro atoms. The molecule has 0 saturated carbocycles. The third kappa shape index (κ3) is 3.38. The Hall–Kier alpha value is -1.92. The SMILES string of the molecule is CCOC[C@H]1CN(Cc2cccnc2OC)Cc2cnn(C)c21. The van der Waals surface area contributed by atoms with Crippen LogP contribution in [-0.2, 0) is 24.9 Å². The van der Waals surface area contributed by atoms with E-state index in [0.717, 1.165) is 38.4 Å². The average molecular weight is 316 g/mol. The highest BCUT2D eigenvalue weighted by molar-refractivity contribution is 5.28. The molecule has 0 amide bonds. The predicted octanol–water partition coefficient (Wildman–Crippen LogP) is 1.96. The first-order valence-electron chi connectivity index (χ1n) is 8.01. The van der Waals surface area contributed by atoms with Crippen molar-refractivity contribution < 1.29 is 9.47 Å². The lowest BCUT2D eigenvalue weighted by Crippen LogP contribution is -2.35. The van der Waals surface area contributed by atoms with E-state index in [1.54, 1.807) is 13.3 Å². The Bertz CT molecular complexity index is 656. The molecule has 0 N–H and O–H groups in total. The first-order valence-corrected chi connectivity index (χ1v) is 8.01. The van der Waals surface area contributed by atoms with Gasteiger partial charge in [-0.05, 0) is 13.0 Å². The van der Waals surface area contributed by atoms with E-state index in [1.807, 2.05) is 30.9 Å². The maximum absolute atomic E-state index is 5.69. The number of aryl methyl sites for hydroxylation is 1. The monoisotopic (exact) mass is 316 g/mol. The summed E-state index contributed by atoms with van der Waals surface area (Å²) in [6, 6.07) is 4.02. The molecule has 0 aliphatic carbocycles. The number of hydrogen-bond donors (Lipinski definition) is 0. The van der Waals surface area contributed by atoms with E-state index in [4.69, 9.17) is 9.47 Å². The molecule has 0 radical (unpaired) electrons. The third-order valence-electron chi connectivity index (χ3n) is 4.28. The van der Waals surface area contributed by atoms with Crippen molar-refractivity contribution in [2.24, 2.45) is 7.05 Å². The summed E-state index contributed by atoms with van der Waals surface area (Å²) in [7, 11) is 3.68. The van der Waals surface area contributed by atoms with Gasteiger partial charge >= 0.3 is 0 Å². The normalized spacial score (nSPS) is 18.0. The highest BCUT2D eigenvalue weighted by Crippen LogP contribution is 2.30. The largest absolute Gasteiger partial charge is 0.481 e. The molecule has 0 aromatic carbocycles. The van der Waals surface area contributed by atoms with Gasteiger partial charge in [0.15, 0.2) is 0 Å². The minimum Gasteiger partial charge on any atom is -0.481 e. The lowest BCUT2D eigenvalue weighted by atomic mass is 9.96. The minimum absolute atomic E-state index is 0.342. The summed E-state index contributed by atoms with van der Waals surface area (Å²) >= 11 is 0. The Balaban J connectivity index is 1.79. The standard InChI is InChI=1S/C17H24N4O2/c1-4-23-12-15-11-21(10-14-8-19-20(2)16(14)15)9-13-6-5-7-18-17(13)22-3/h5-8,15H,4,9-12H2,1-3H3/t15-/m1/s1. The van der Waals surface area contributed by atoms with Gasteiger partial charge in [0.25, 0.3) is 0 Å². The van der Waals surface area contributed by atoms with Crippen LogP contribution < -0.4 is 4.74 Å². The maximum Gasteiger partial charge on any atom is 0.217 e. The lowest BCUT2D eigenvalue weighted by molar-refractivity contribution is 0.102. The van der Waals surface area contributed by atoms with Gasteiger partial charge in [-0.3, -0.25) is 9.58 Å². The van der Waals surface area contributed by atoms with E-state index in [2.05, 4.69) is 21.0 Å². The zero-order valence-corrected chi connectivity index (χ0v) is 14.0. The molecule has 6 heteroatoms. The molecule has 1 aliphatic rings. The molecular formula is C17H24N4O2. The van der Waals surface area contributed by atoms with Gasteiger partial charge in [-0.15, -0.1) is 0 Å². The zero-order valence-electron chi connectivity index (χ0n) is 14.0. The molecule has 2 aromatic rings. The number of pyridine rings is 1. The summed E-state index contributed by atoms with van der Waals surface area (Å²) < 4.78 is 13.1. The second-order valence-corrected chi connectivity index (χ2v) is 5.88. The zero-order chi connectivity index (χ0) is 16.2. The second kappa shape index (κ2) is 7.10. The maximum atomic E-state index is 5.69. The van der Waals surface area contributed by atoms with Crippen molar-refractivity contribution in [3.8, 4) is 5.88 Å². The number of nitrogens with zero attached hydrogens (tertiary/aromatic N) is 4. The van der Waals surface area contributed by atoms with Gasteiger partial charge in [-0.25, -0.2) is 4.98 Å². The fourth-order valence-electron chi connectivity index (χ4n) is 3.33. The summed E-state index contributed by atoms with van der Waals surface area (Å²) in [5, 5.41) is 4.43. The van der Waals surface area contributed by atoms with Gasteiger partial charge in [0.1, 0.15) is 0 Å². The van der Waals surface area contributed by atoms with E-state index in [-0.39, 0.29) is 0 Å². The highest BCUT2D eigenvalue weighted by atomic mass is 16.5. The molecule has 2 aromatic heterocycles. The van der Waals surface area contributed by atoms with Crippen LogP contribution in [0.15, 0.2) is 24.5 Å². The van der Waals surface area contributed by atoms with Gasteiger partial charge in [0.2, 0.25) is 5.88 Å². The molecule has 23 heavy (non-hydrogen) atoms. The van der Waals surface area contributed by atoms with Crippen molar-refractivity contribution in [3.63, 3.8) is 0 Å². The summed E-state index contributed by atoms with van der Waals surface area (Å²) in [6.07, 6.45) is 3.73. The number of aromatic nitrogens is 3. The van der Waals surface area contributed by atoms with Crippen molar-refractivity contribution in [3.05, 3.63) is 41.3 Å². The number of fused-ring (bicyclic) bond motifs is 1. The number of rotatable bonds is 6. The third-order valence-corrected chi connectivity index (χ3v) is 4.28. The fourth-order valence-corrected chi connectivity index (χ4v) is 3.33. The summed E-state index contributed by atoms with van der Waals surface area (Å²) in [5.41, 5.74) is 3.69. The Kier molecular flexibility index (Phi) is 4.93. The van der Waals surface area contributed by atoms with Crippen LogP contribution in [0.2, 0.25) is 0 Å². The lowest BCUT2D eigenvalue weighted by Gasteiger charge is -2.33. The van der Waals surface area contributed by atoms with E-state index >= 15 is 0 Å². The molecule has 3 heterocycles. The first kappa shape index (κ1) is 16.0. The van der Waals surface area contributed by atoms with Crippen molar-refractivity contribution in [2.45, 2.75) is 25.9 Å². The minimum atomic E-state index is 0.342. The van der Waals surface area contributed by atoms with Crippen molar-refractivity contribution in [2.75, 3.05) is 26.9 Å².